The maximum atomic E-state index is 10.3. The van der Waals surface area contributed by atoms with Crippen molar-refractivity contribution in [2.75, 3.05) is 13.6 Å². The molecule has 1 heterocycles. The molecule has 0 saturated carbocycles. The molecule has 0 fully saturated rings. The zero-order chi connectivity index (χ0) is 10.6. The summed E-state index contributed by atoms with van der Waals surface area (Å²) in [5.41, 5.74) is 1.01. The molecule has 78 valence electrons. The summed E-state index contributed by atoms with van der Waals surface area (Å²) in [7, 11) is 1.90. The normalized spacial score (nSPS) is 10.8. The first-order chi connectivity index (χ1) is 6.58. The van der Waals surface area contributed by atoms with Crippen molar-refractivity contribution in [3.8, 4) is 0 Å². The number of hydrogen-bond acceptors (Lipinski definition) is 4. The van der Waals surface area contributed by atoms with E-state index in [4.69, 9.17) is 5.11 Å². The molecule has 0 aliphatic heterocycles. The van der Waals surface area contributed by atoms with E-state index in [2.05, 4.69) is 4.98 Å². The van der Waals surface area contributed by atoms with Crippen LogP contribution in [0.4, 0.5) is 0 Å². The first-order valence-corrected chi connectivity index (χ1v) is 5.27. The molecule has 5 heteroatoms. The van der Waals surface area contributed by atoms with Crippen molar-refractivity contribution < 1.29 is 9.90 Å². The molecule has 0 radical (unpaired) electrons. The van der Waals surface area contributed by atoms with Crippen molar-refractivity contribution in [3.05, 3.63) is 16.1 Å². The number of nitrogens with zero attached hydrogens (tertiary/aromatic N) is 2. The van der Waals surface area contributed by atoms with E-state index >= 15 is 0 Å². The second-order valence-corrected chi connectivity index (χ2v) is 4.30. The molecule has 1 aromatic heterocycles. The molecule has 0 amide bonds. The van der Waals surface area contributed by atoms with E-state index in [1.165, 1.54) is 0 Å². The summed E-state index contributed by atoms with van der Waals surface area (Å²) in [6.45, 7) is 3.24. The highest BCUT2D eigenvalue weighted by molar-refractivity contribution is 7.09. The molecular weight excluding hydrogens is 200 g/mol. The van der Waals surface area contributed by atoms with Crippen molar-refractivity contribution in [1.29, 1.82) is 0 Å². The van der Waals surface area contributed by atoms with E-state index in [1.54, 1.807) is 11.3 Å². The lowest BCUT2D eigenvalue weighted by atomic mass is 10.3. The van der Waals surface area contributed by atoms with Gasteiger partial charge < -0.3 is 5.11 Å². The molecule has 0 saturated heterocycles. The third kappa shape index (κ3) is 3.85. The van der Waals surface area contributed by atoms with E-state index in [0.29, 0.717) is 6.54 Å². The molecule has 1 N–H and O–H groups in total. The highest BCUT2D eigenvalue weighted by Crippen LogP contribution is 2.09. The van der Waals surface area contributed by atoms with E-state index in [0.717, 1.165) is 17.2 Å². The number of aliphatic carboxylic acids is 1. The van der Waals surface area contributed by atoms with Crippen LogP contribution < -0.4 is 0 Å². The Kier molecular flexibility index (Phi) is 4.03. The maximum absolute atomic E-state index is 10.3. The Bertz CT molecular complexity index is 312. The number of carboxylic acid groups (broad SMARTS) is 1. The van der Waals surface area contributed by atoms with Gasteiger partial charge in [0.2, 0.25) is 0 Å². The smallest absolute Gasteiger partial charge is 0.304 e. The monoisotopic (exact) mass is 214 g/mol. The molecule has 0 atom stereocenters. The molecule has 0 aromatic carbocycles. The van der Waals surface area contributed by atoms with Crippen LogP contribution in [0.5, 0.6) is 0 Å². The zero-order valence-corrected chi connectivity index (χ0v) is 9.17. The lowest BCUT2D eigenvalue weighted by Gasteiger charge is -2.13. The molecule has 0 spiro atoms. The van der Waals surface area contributed by atoms with Gasteiger partial charge in [0, 0.05) is 18.5 Å². The number of carbonyl (C=O) groups is 1. The first kappa shape index (κ1) is 11.1. The minimum atomic E-state index is -0.758. The second kappa shape index (κ2) is 5.07. The summed E-state index contributed by atoms with van der Waals surface area (Å²) >= 11 is 1.62. The lowest BCUT2D eigenvalue weighted by molar-refractivity contribution is -0.137. The highest BCUT2D eigenvalue weighted by Gasteiger charge is 2.05. The van der Waals surface area contributed by atoms with Crippen LogP contribution in [0, 0.1) is 6.92 Å². The first-order valence-electron chi connectivity index (χ1n) is 4.39. The Morgan fingerprint density at radius 1 is 1.71 bits per heavy atom. The third-order valence-corrected chi connectivity index (χ3v) is 2.63. The van der Waals surface area contributed by atoms with E-state index in [1.807, 2.05) is 24.3 Å². The third-order valence-electron chi connectivity index (χ3n) is 1.81. The Labute approximate surface area is 87.2 Å². The summed E-state index contributed by atoms with van der Waals surface area (Å²) in [6, 6.07) is 0. The Morgan fingerprint density at radius 3 is 2.93 bits per heavy atom. The van der Waals surface area contributed by atoms with Gasteiger partial charge in [0.25, 0.3) is 0 Å². The number of rotatable bonds is 5. The van der Waals surface area contributed by atoms with Crippen molar-refractivity contribution >= 4 is 17.3 Å². The largest absolute Gasteiger partial charge is 0.481 e. The second-order valence-electron chi connectivity index (χ2n) is 3.24. The number of hydrogen-bond donors (Lipinski definition) is 1. The van der Waals surface area contributed by atoms with Gasteiger partial charge in [-0.1, -0.05) is 0 Å². The number of thiazole rings is 1. The summed E-state index contributed by atoms with van der Waals surface area (Å²) in [6.07, 6.45) is 0.180. The molecular formula is C9H14N2O2S. The molecule has 0 bridgehead atoms. The average Bonchev–Trinajstić information content (AvgIpc) is 2.48. The van der Waals surface area contributed by atoms with Crippen LogP contribution in [-0.2, 0) is 11.3 Å². The Hall–Kier alpha value is -0.940. The van der Waals surface area contributed by atoms with Gasteiger partial charge in [0.1, 0.15) is 0 Å². The molecule has 0 unspecified atom stereocenters. The SMILES string of the molecule is Cc1nc(CN(C)CCC(=O)O)cs1. The summed E-state index contributed by atoms with van der Waals surface area (Å²) in [5, 5.41) is 11.5. The van der Waals surface area contributed by atoms with Gasteiger partial charge in [0.15, 0.2) is 0 Å². The molecule has 14 heavy (non-hydrogen) atoms. The van der Waals surface area contributed by atoms with Crippen LogP contribution in [0.15, 0.2) is 5.38 Å². The van der Waals surface area contributed by atoms with Gasteiger partial charge in [-0.3, -0.25) is 9.69 Å². The Morgan fingerprint density at radius 2 is 2.43 bits per heavy atom. The van der Waals surface area contributed by atoms with Gasteiger partial charge >= 0.3 is 5.97 Å². The fraction of sp³-hybridized carbons (Fsp3) is 0.556. The van der Waals surface area contributed by atoms with Crippen molar-refractivity contribution in [2.24, 2.45) is 0 Å². The molecule has 1 aromatic rings. The molecule has 0 aliphatic rings. The Balaban J connectivity index is 2.33. The molecule has 1 rings (SSSR count). The van der Waals surface area contributed by atoms with Crippen molar-refractivity contribution in [1.82, 2.24) is 9.88 Å². The van der Waals surface area contributed by atoms with Gasteiger partial charge in [-0.05, 0) is 14.0 Å². The number of aromatic nitrogens is 1. The fourth-order valence-corrected chi connectivity index (χ4v) is 1.73. The van der Waals surface area contributed by atoms with Gasteiger partial charge in [-0.25, -0.2) is 4.98 Å². The summed E-state index contributed by atoms with van der Waals surface area (Å²) in [5.74, 6) is -0.758. The molecule has 4 nitrogen and oxygen atoms in total. The fourth-order valence-electron chi connectivity index (χ4n) is 1.12. The zero-order valence-electron chi connectivity index (χ0n) is 8.36. The average molecular weight is 214 g/mol. The highest BCUT2D eigenvalue weighted by atomic mass is 32.1. The number of aryl methyl sites for hydroxylation is 1. The predicted molar refractivity (Wildman–Crippen MR) is 55.4 cm³/mol. The van der Waals surface area contributed by atoms with Crippen molar-refractivity contribution in [3.63, 3.8) is 0 Å². The minimum Gasteiger partial charge on any atom is -0.481 e. The summed E-state index contributed by atoms with van der Waals surface area (Å²) in [4.78, 5) is 16.6. The van der Waals surface area contributed by atoms with E-state index in [-0.39, 0.29) is 6.42 Å². The van der Waals surface area contributed by atoms with Crippen LogP contribution in [0.1, 0.15) is 17.1 Å². The maximum Gasteiger partial charge on any atom is 0.304 e. The van der Waals surface area contributed by atoms with Gasteiger partial charge in [-0.15, -0.1) is 11.3 Å². The minimum absolute atomic E-state index is 0.180. The van der Waals surface area contributed by atoms with E-state index < -0.39 is 5.97 Å². The van der Waals surface area contributed by atoms with Crippen LogP contribution in [-0.4, -0.2) is 34.6 Å². The van der Waals surface area contributed by atoms with E-state index in [9.17, 15) is 4.79 Å². The van der Waals surface area contributed by atoms with Crippen molar-refractivity contribution in [2.45, 2.75) is 19.9 Å². The van der Waals surface area contributed by atoms with Gasteiger partial charge in [-0.2, -0.15) is 0 Å². The quantitative estimate of drug-likeness (QED) is 0.804. The topological polar surface area (TPSA) is 53.4 Å². The standard InChI is InChI=1S/C9H14N2O2S/c1-7-10-8(6-14-7)5-11(2)4-3-9(12)13/h6H,3-5H2,1-2H3,(H,12,13). The van der Waals surface area contributed by atoms with Gasteiger partial charge in [0.05, 0.1) is 17.1 Å². The predicted octanol–water partition coefficient (Wildman–Crippen LogP) is 1.36. The van der Waals surface area contributed by atoms with Crippen LogP contribution >= 0.6 is 11.3 Å². The lowest BCUT2D eigenvalue weighted by Crippen LogP contribution is -2.21. The number of carboxylic acids is 1. The van der Waals surface area contributed by atoms with Crippen LogP contribution in [0.2, 0.25) is 0 Å². The van der Waals surface area contributed by atoms with Crippen LogP contribution in [0.3, 0.4) is 0 Å². The van der Waals surface area contributed by atoms with Crippen LogP contribution in [0.25, 0.3) is 0 Å². The molecule has 0 aliphatic carbocycles. The summed E-state index contributed by atoms with van der Waals surface area (Å²) < 4.78 is 0.